The number of hydrogen-bond donors (Lipinski definition) is 3. The predicted molar refractivity (Wildman–Crippen MR) is 119 cm³/mol. The van der Waals surface area contributed by atoms with Gasteiger partial charge >= 0.3 is 12.0 Å². The first-order valence-electron chi connectivity index (χ1n) is 11.1. The molecule has 0 spiro atoms. The number of sulfonamides is 1. The highest BCUT2D eigenvalue weighted by Crippen LogP contribution is 2.28. The van der Waals surface area contributed by atoms with Gasteiger partial charge in [-0.05, 0) is 49.9 Å². The fraction of sp³-hybridized carbons (Fsp3) is 0.591. The Morgan fingerprint density at radius 3 is 2.48 bits per heavy atom. The topological polar surface area (TPSA) is 142 Å². The summed E-state index contributed by atoms with van der Waals surface area (Å²) in [5.74, 6) is -1.78. The lowest BCUT2D eigenvalue weighted by Gasteiger charge is -2.23. The van der Waals surface area contributed by atoms with Crippen molar-refractivity contribution >= 4 is 27.9 Å². The van der Waals surface area contributed by atoms with Crippen molar-refractivity contribution in [2.24, 2.45) is 0 Å². The summed E-state index contributed by atoms with van der Waals surface area (Å²) in [6.07, 6.45) is 3.68. The number of benzene rings is 1. The number of β-amino-alcohol motifs (C(OH)–C–C–N with tert-alkyl or cyclic N) is 1. The van der Waals surface area contributed by atoms with Crippen LogP contribution in [-0.2, 0) is 24.3 Å². The zero-order valence-electron chi connectivity index (χ0n) is 18.9. The Kier molecular flexibility index (Phi) is 8.09. The molecule has 0 bridgehead atoms. The number of aliphatic hydroxyl groups is 1. The minimum atomic E-state index is -4.07. The van der Waals surface area contributed by atoms with Crippen LogP contribution in [0.5, 0.6) is 0 Å². The highest BCUT2D eigenvalue weighted by atomic mass is 32.2. The summed E-state index contributed by atoms with van der Waals surface area (Å²) in [5.41, 5.74) is 1.70. The summed E-state index contributed by atoms with van der Waals surface area (Å²) in [7, 11) is -4.07. The molecule has 1 aromatic rings. The molecule has 2 unspecified atom stereocenters. The van der Waals surface area contributed by atoms with Crippen molar-refractivity contribution in [1.82, 2.24) is 14.9 Å². The van der Waals surface area contributed by atoms with E-state index in [9.17, 15) is 27.9 Å². The van der Waals surface area contributed by atoms with Crippen molar-refractivity contribution in [3.63, 3.8) is 0 Å². The Morgan fingerprint density at radius 2 is 1.82 bits per heavy atom. The standard InChI is InChI=1S/C22H31N3O7S/c1-14-8-9-18(10-15(14)2)33(30,31)25-12-17(26)11-19(25)21(28)32-13-20(27)24-22(29)23-16-6-4-3-5-7-16/h8-10,16-17,19,26H,3-7,11-13H2,1-2H3,(H2,23,24,27,29). The summed E-state index contributed by atoms with van der Waals surface area (Å²) < 4.78 is 32.1. The lowest BCUT2D eigenvalue weighted by Crippen LogP contribution is -2.47. The monoisotopic (exact) mass is 481 g/mol. The molecule has 2 aliphatic rings. The van der Waals surface area contributed by atoms with Crippen molar-refractivity contribution in [2.45, 2.75) is 75.5 Å². The third-order valence-corrected chi connectivity index (χ3v) is 8.00. The zero-order valence-corrected chi connectivity index (χ0v) is 19.7. The third kappa shape index (κ3) is 6.30. The van der Waals surface area contributed by atoms with Crippen LogP contribution in [0, 0.1) is 13.8 Å². The minimum Gasteiger partial charge on any atom is -0.454 e. The predicted octanol–water partition coefficient (Wildman–Crippen LogP) is 1.13. The van der Waals surface area contributed by atoms with E-state index in [1.165, 1.54) is 12.1 Å². The fourth-order valence-electron chi connectivity index (χ4n) is 4.14. The molecule has 0 radical (unpaired) electrons. The van der Waals surface area contributed by atoms with E-state index >= 15 is 0 Å². The van der Waals surface area contributed by atoms with Crippen molar-refractivity contribution < 1.29 is 32.6 Å². The number of aryl methyl sites for hydroxylation is 2. The van der Waals surface area contributed by atoms with Gasteiger partial charge in [0, 0.05) is 19.0 Å². The van der Waals surface area contributed by atoms with E-state index in [0.717, 1.165) is 47.5 Å². The van der Waals surface area contributed by atoms with Gasteiger partial charge in [0.05, 0.1) is 11.0 Å². The van der Waals surface area contributed by atoms with Crippen LogP contribution in [0.1, 0.15) is 49.7 Å². The number of nitrogens with one attached hydrogen (secondary N) is 2. The molecule has 2 fully saturated rings. The Labute approximate surface area is 193 Å². The summed E-state index contributed by atoms with van der Waals surface area (Å²) in [6.45, 7) is 2.64. The number of imide groups is 1. The van der Waals surface area contributed by atoms with E-state index in [-0.39, 0.29) is 23.9 Å². The Balaban J connectivity index is 1.58. The van der Waals surface area contributed by atoms with Crippen molar-refractivity contribution in [1.29, 1.82) is 0 Å². The van der Waals surface area contributed by atoms with Crippen LogP contribution in [0.2, 0.25) is 0 Å². The number of aliphatic hydroxyl groups excluding tert-OH is 1. The molecule has 1 aliphatic heterocycles. The third-order valence-electron chi connectivity index (χ3n) is 6.13. The van der Waals surface area contributed by atoms with E-state index in [2.05, 4.69) is 10.6 Å². The number of urea groups is 1. The number of nitrogens with zero attached hydrogens (tertiary/aromatic N) is 1. The molecule has 3 rings (SSSR count). The average molecular weight is 482 g/mol. The number of amides is 3. The molecular formula is C22H31N3O7S. The average Bonchev–Trinajstić information content (AvgIpc) is 3.17. The maximum atomic E-state index is 13.1. The maximum Gasteiger partial charge on any atom is 0.325 e. The van der Waals surface area contributed by atoms with Gasteiger partial charge in [-0.15, -0.1) is 0 Å². The smallest absolute Gasteiger partial charge is 0.325 e. The summed E-state index contributed by atoms with van der Waals surface area (Å²) in [5, 5.41) is 14.9. The number of esters is 1. The number of ether oxygens (including phenoxy) is 1. The number of hydrogen-bond acceptors (Lipinski definition) is 7. The first kappa shape index (κ1) is 25.1. The van der Waals surface area contributed by atoms with E-state index in [1.807, 2.05) is 6.92 Å². The van der Waals surface area contributed by atoms with E-state index in [1.54, 1.807) is 13.0 Å². The summed E-state index contributed by atoms with van der Waals surface area (Å²) >= 11 is 0. The van der Waals surface area contributed by atoms with Crippen molar-refractivity contribution in [2.75, 3.05) is 13.2 Å². The Hall–Kier alpha value is -2.50. The molecule has 0 aromatic heterocycles. The highest BCUT2D eigenvalue weighted by Gasteiger charge is 2.44. The quantitative estimate of drug-likeness (QED) is 0.517. The summed E-state index contributed by atoms with van der Waals surface area (Å²) in [4.78, 5) is 36.6. The van der Waals surface area contributed by atoms with Gasteiger partial charge in [0.15, 0.2) is 6.61 Å². The molecule has 1 aliphatic carbocycles. The van der Waals surface area contributed by atoms with E-state index in [4.69, 9.17) is 4.74 Å². The van der Waals surface area contributed by atoms with E-state index in [0.29, 0.717) is 0 Å². The molecule has 1 heterocycles. The van der Waals surface area contributed by atoms with Crippen LogP contribution in [0.3, 0.4) is 0 Å². The second-order valence-corrected chi connectivity index (χ2v) is 10.6. The van der Waals surface area contributed by atoms with Gasteiger partial charge in [0.25, 0.3) is 5.91 Å². The first-order valence-corrected chi connectivity index (χ1v) is 12.6. The van der Waals surface area contributed by atoms with Gasteiger partial charge in [-0.25, -0.2) is 13.2 Å². The molecular weight excluding hydrogens is 450 g/mol. The van der Waals surface area contributed by atoms with Gasteiger partial charge < -0.3 is 15.2 Å². The first-order chi connectivity index (χ1) is 15.6. The molecule has 3 N–H and O–H groups in total. The Morgan fingerprint density at radius 1 is 1.12 bits per heavy atom. The largest absolute Gasteiger partial charge is 0.454 e. The molecule has 33 heavy (non-hydrogen) atoms. The van der Waals surface area contributed by atoms with Gasteiger partial charge in [0.2, 0.25) is 10.0 Å². The fourth-order valence-corrected chi connectivity index (χ4v) is 5.85. The van der Waals surface area contributed by atoms with Crippen LogP contribution in [0.15, 0.2) is 23.1 Å². The normalized spacial score (nSPS) is 22.0. The lowest BCUT2D eigenvalue weighted by molar-refractivity contribution is -0.151. The maximum absolute atomic E-state index is 13.1. The second-order valence-electron chi connectivity index (χ2n) is 8.69. The Bertz CT molecular complexity index is 1010. The molecule has 1 saturated heterocycles. The van der Waals surface area contributed by atoms with Crippen LogP contribution in [-0.4, -0.2) is 67.1 Å². The van der Waals surface area contributed by atoms with Crippen LogP contribution >= 0.6 is 0 Å². The highest BCUT2D eigenvalue weighted by molar-refractivity contribution is 7.89. The minimum absolute atomic E-state index is 0.00891. The molecule has 2 atom stereocenters. The summed E-state index contributed by atoms with van der Waals surface area (Å²) in [6, 6.07) is 2.72. The SMILES string of the molecule is Cc1ccc(S(=O)(=O)N2CC(O)CC2C(=O)OCC(=O)NC(=O)NC2CCCCC2)cc1C. The number of carbonyl (C=O) groups excluding carboxylic acids is 3. The lowest BCUT2D eigenvalue weighted by atomic mass is 9.96. The second kappa shape index (κ2) is 10.6. The molecule has 1 saturated carbocycles. The van der Waals surface area contributed by atoms with Gasteiger partial charge in [0.1, 0.15) is 6.04 Å². The van der Waals surface area contributed by atoms with E-state index < -0.39 is 46.7 Å². The molecule has 3 amide bonds. The number of rotatable bonds is 6. The molecule has 11 heteroatoms. The van der Waals surface area contributed by atoms with Crippen LogP contribution < -0.4 is 10.6 Å². The van der Waals surface area contributed by atoms with Crippen molar-refractivity contribution in [3.05, 3.63) is 29.3 Å². The molecule has 10 nitrogen and oxygen atoms in total. The molecule has 182 valence electrons. The van der Waals surface area contributed by atoms with Crippen LogP contribution in [0.4, 0.5) is 4.79 Å². The van der Waals surface area contributed by atoms with Crippen LogP contribution in [0.25, 0.3) is 0 Å². The van der Waals surface area contributed by atoms with Gasteiger partial charge in [-0.2, -0.15) is 4.31 Å². The van der Waals surface area contributed by atoms with Crippen molar-refractivity contribution in [3.8, 4) is 0 Å². The van der Waals surface area contributed by atoms with Gasteiger partial charge in [-0.3, -0.25) is 14.9 Å². The number of carbonyl (C=O) groups is 3. The molecule has 1 aromatic carbocycles. The zero-order chi connectivity index (χ0) is 24.2. The van der Waals surface area contributed by atoms with Gasteiger partial charge in [-0.1, -0.05) is 25.3 Å².